The van der Waals surface area contributed by atoms with Crippen LogP contribution in [0.15, 0.2) is 66.7 Å². The largest absolute Gasteiger partial charge is 0.310 e. The molecule has 0 heterocycles. The van der Waals surface area contributed by atoms with E-state index >= 15 is 0 Å². The fraction of sp³-hybridized carbons (Fsp3) is 0.100. The van der Waals surface area contributed by atoms with E-state index in [0.717, 1.165) is 10.9 Å². The van der Waals surface area contributed by atoms with Gasteiger partial charge in [-0.25, -0.2) is 0 Å². The number of fused-ring (bicyclic) bond motifs is 6. The molecule has 0 spiro atoms. The maximum atomic E-state index is 6.24. The first kappa shape index (κ1) is 13.3. The van der Waals surface area contributed by atoms with Gasteiger partial charge >= 0.3 is 0 Å². The lowest BCUT2D eigenvalue weighted by atomic mass is 9.88. The van der Waals surface area contributed by atoms with Crippen LogP contribution in [0.25, 0.3) is 32.3 Å². The van der Waals surface area contributed by atoms with E-state index in [9.17, 15) is 0 Å². The van der Waals surface area contributed by atoms with Crippen LogP contribution >= 0.6 is 0 Å². The molecule has 0 unspecified atom stereocenters. The second kappa shape index (κ2) is 4.54. The van der Waals surface area contributed by atoms with Gasteiger partial charge in [0, 0.05) is 0 Å². The molecule has 108 valence electrons. The minimum absolute atomic E-state index is 0.870. The highest BCUT2D eigenvalue weighted by Gasteiger charge is 2.20. The second-order valence-electron chi connectivity index (χ2n) is 6.10. The zero-order chi connectivity index (χ0) is 15.3. The van der Waals surface area contributed by atoms with Crippen molar-refractivity contribution in [1.29, 1.82) is 0 Å². The van der Waals surface area contributed by atoms with Crippen LogP contribution in [0.4, 0.5) is 0 Å². The van der Waals surface area contributed by atoms with E-state index in [1.807, 2.05) is 19.1 Å². The Morgan fingerprint density at radius 3 is 1.50 bits per heavy atom. The van der Waals surface area contributed by atoms with Crippen LogP contribution < -0.4 is 11.5 Å². The summed E-state index contributed by atoms with van der Waals surface area (Å²) in [6, 6.07) is 23.2. The molecule has 0 aromatic heterocycles. The molecule has 4 N–H and O–H groups in total. The number of rotatable bonds is 1. The Balaban J connectivity index is 2.39. The van der Waals surface area contributed by atoms with Gasteiger partial charge in [-0.1, -0.05) is 66.7 Å². The predicted molar refractivity (Wildman–Crippen MR) is 94.7 cm³/mol. The van der Waals surface area contributed by atoms with Gasteiger partial charge in [0.05, 0.1) is 5.66 Å². The van der Waals surface area contributed by atoms with Crippen molar-refractivity contribution in [2.75, 3.05) is 0 Å². The van der Waals surface area contributed by atoms with Gasteiger partial charge in [0.2, 0.25) is 0 Å². The molecule has 0 radical (unpaired) electrons. The SMILES string of the molecule is CC(N)(N)c1cccc2c3ccccc3c3ccccc3c12. The van der Waals surface area contributed by atoms with Crippen molar-refractivity contribution in [1.82, 2.24) is 0 Å². The van der Waals surface area contributed by atoms with Crippen molar-refractivity contribution >= 4 is 32.3 Å². The summed E-state index contributed by atoms with van der Waals surface area (Å²) >= 11 is 0. The number of nitrogens with two attached hydrogens (primary N) is 2. The van der Waals surface area contributed by atoms with Crippen LogP contribution in [0.3, 0.4) is 0 Å². The maximum Gasteiger partial charge on any atom is 0.0876 e. The normalized spacial score (nSPS) is 12.3. The van der Waals surface area contributed by atoms with E-state index in [4.69, 9.17) is 11.5 Å². The summed E-state index contributed by atoms with van der Waals surface area (Å²) in [6.45, 7) is 1.85. The van der Waals surface area contributed by atoms with Gasteiger partial charge in [-0.05, 0) is 44.8 Å². The first-order chi connectivity index (χ1) is 10.6. The smallest absolute Gasteiger partial charge is 0.0876 e. The van der Waals surface area contributed by atoms with E-state index in [2.05, 4.69) is 54.6 Å². The van der Waals surface area contributed by atoms with Crippen molar-refractivity contribution in [3.8, 4) is 0 Å². The average Bonchev–Trinajstić information content (AvgIpc) is 2.54. The highest BCUT2D eigenvalue weighted by Crippen LogP contribution is 2.38. The molecule has 4 aromatic rings. The maximum absolute atomic E-state index is 6.24. The Kier molecular flexibility index (Phi) is 2.73. The van der Waals surface area contributed by atoms with Gasteiger partial charge in [0.25, 0.3) is 0 Å². The monoisotopic (exact) mass is 286 g/mol. The molecule has 0 saturated heterocycles. The van der Waals surface area contributed by atoms with Crippen molar-refractivity contribution in [3.05, 3.63) is 72.3 Å². The van der Waals surface area contributed by atoms with Crippen LogP contribution in [-0.4, -0.2) is 0 Å². The first-order valence-corrected chi connectivity index (χ1v) is 7.48. The lowest BCUT2D eigenvalue weighted by molar-refractivity contribution is 0.526. The van der Waals surface area contributed by atoms with Crippen LogP contribution in [0.5, 0.6) is 0 Å². The van der Waals surface area contributed by atoms with Crippen LogP contribution in [0.2, 0.25) is 0 Å². The molecule has 0 saturated carbocycles. The van der Waals surface area contributed by atoms with Crippen LogP contribution in [0, 0.1) is 0 Å². The number of benzene rings is 4. The summed E-state index contributed by atoms with van der Waals surface area (Å²) in [5.74, 6) is 0. The molecule has 0 fully saturated rings. The molecular formula is C20H18N2. The Bertz CT molecular complexity index is 965. The minimum Gasteiger partial charge on any atom is -0.310 e. The predicted octanol–water partition coefficient (Wildman–Crippen LogP) is 4.24. The summed E-state index contributed by atoms with van der Waals surface area (Å²) in [4.78, 5) is 0. The molecule has 0 atom stereocenters. The van der Waals surface area contributed by atoms with Crippen molar-refractivity contribution in [2.45, 2.75) is 12.6 Å². The lowest BCUT2D eigenvalue weighted by Gasteiger charge is -2.23. The molecule has 0 aliphatic heterocycles. The average molecular weight is 286 g/mol. The molecule has 2 nitrogen and oxygen atoms in total. The Labute approximate surface area is 129 Å². The second-order valence-corrected chi connectivity index (χ2v) is 6.10. The molecular weight excluding hydrogens is 268 g/mol. The first-order valence-electron chi connectivity index (χ1n) is 7.48. The topological polar surface area (TPSA) is 52.0 Å². The highest BCUT2D eigenvalue weighted by molar-refractivity contribution is 6.26. The van der Waals surface area contributed by atoms with E-state index in [1.54, 1.807) is 0 Å². The van der Waals surface area contributed by atoms with E-state index in [-0.39, 0.29) is 0 Å². The third-order valence-electron chi connectivity index (χ3n) is 4.35. The summed E-state index contributed by atoms with van der Waals surface area (Å²) in [6.07, 6.45) is 0. The fourth-order valence-corrected chi connectivity index (χ4v) is 3.40. The fourth-order valence-electron chi connectivity index (χ4n) is 3.40. The van der Waals surface area contributed by atoms with Gasteiger partial charge in [-0.3, -0.25) is 0 Å². The quantitative estimate of drug-likeness (QED) is 0.406. The molecule has 2 heteroatoms. The van der Waals surface area contributed by atoms with Crippen molar-refractivity contribution < 1.29 is 0 Å². The van der Waals surface area contributed by atoms with Gasteiger partial charge in [-0.2, -0.15) is 0 Å². The Morgan fingerprint density at radius 1 is 0.591 bits per heavy atom. The Hall–Kier alpha value is -2.42. The van der Waals surface area contributed by atoms with Gasteiger partial charge in [0.15, 0.2) is 0 Å². The molecule has 4 rings (SSSR count). The molecule has 0 amide bonds. The standard InChI is InChI=1S/C20H18N2/c1-20(21,22)18-12-6-11-17-15-8-3-2-7-13(15)14-9-4-5-10-16(14)19(17)18/h2-12H,21-22H2,1H3. The van der Waals surface area contributed by atoms with E-state index in [0.29, 0.717) is 0 Å². The van der Waals surface area contributed by atoms with Gasteiger partial charge in [0.1, 0.15) is 0 Å². The number of hydrogen-bond acceptors (Lipinski definition) is 2. The summed E-state index contributed by atoms with van der Waals surface area (Å²) in [7, 11) is 0. The molecule has 0 aliphatic carbocycles. The third-order valence-corrected chi connectivity index (χ3v) is 4.35. The summed E-state index contributed by atoms with van der Waals surface area (Å²) < 4.78 is 0. The van der Waals surface area contributed by atoms with Crippen molar-refractivity contribution in [2.24, 2.45) is 11.5 Å². The summed E-state index contributed by atoms with van der Waals surface area (Å²) in [5.41, 5.74) is 12.6. The Morgan fingerprint density at radius 2 is 1.00 bits per heavy atom. The van der Waals surface area contributed by atoms with E-state index in [1.165, 1.54) is 26.9 Å². The minimum atomic E-state index is -0.870. The molecule has 0 bridgehead atoms. The zero-order valence-electron chi connectivity index (χ0n) is 12.5. The highest BCUT2D eigenvalue weighted by atomic mass is 14.9. The lowest BCUT2D eigenvalue weighted by Crippen LogP contribution is -2.42. The zero-order valence-corrected chi connectivity index (χ0v) is 12.5. The molecule has 0 aliphatic rings. The molecule has 4 aromatic carbocycles. The van der Waals surface area contributed by atoms with Gasteiger partial charge < -0.3 is 11.5 Å². The van der Waals surface area contributed by atoms with Crippen LogP contribution in [0.1, 0.15) is 12.5 Å². The summed E-state index contributed by atoms with van der Waals surface area (Å²) in [5, 5.41) is 7.30. The van der Waals surface area contributed by atoms with Gasteiger partial charge in [-0.15, -0.1) is 0 Å². The van der Waals surface area contributed by atoms with Crippen molar-refractivity contribution in [3.63, 3.8) is 0 Å². The third kappa shape index (κ3) is 1.82. The van der Waals surface area contributed by atoms with Crippen LogP contribution in [-0.2, 0) is 5.66 Å². The van der Waals surface area contributed by atoms with E-state index < -0.39 is 5.66 Å². The molecule has 22 heavy (non-hydrogen) atoms. The number of hydrogen-bond donors (Lipinski definition) is 2.